The Balaban J connectivity index is 2.07. The molecule has 1 aliphatic heterocycles. The number of phenols is 1. The number of ether oxygens (including phenoxy) is 1. The molecule has 2 N–H and O–H groups in total. The van der Waals surface area contributed by atoms with Gasteiger partial charge in [-0.15, -0.1) is 0 Å². The van der Waals surface area contributed by atoms with Gasteiger partial charge in [-0.25, -0.2) is 0 Å². The number of nitrogens with zero attached hydrogens (tertiary/aromatic N) is 1. The number of phenolic OH excluding ortho intramolecular Hbond substituents is 1. The Bertz CT molecular complexity index is 446. The summed E-state index contributed by atoms with van der Waals surface area (Å²) in [7, 11) is 1.62. The monoisotopic (exact) mass is 328 g/mol. The molecule has 1 saturated heterocycles. The first-order valence-electron chi connectivity index (χ1n) is 6.61. The first-order chi connectivity index (χ1) is 9.13. The van der Waals surface area contributed by atoms with E-state index < -0.39 is 0 Å². The van der Waals surface area contributed by atoms with Crippen molar-refractivity contribution in [2.75, 3.05) is 39.8 Å². The van der Waals surface area contributed by atoms with E-state index in [-0.39, 0.29) is 0 Å². The van der Waals surface area contributed by atoms with Gasteiger partial charge >= 0.3 is 0 Å². The minimum Gasteiger partial charge on any atom is -0.507 e. The van der Waals surface area contributed by atoms with Crippen LogP contribution in [-0.4, -0.2) is 49.8 Å². The molecule has 0 unspecified atom stereocenters. The molecule has 0 radical (unpaired) electrons. The minimum absolute atomic E-state index is 0.357. The van der Waals surface area contributed by atoms with Gasteiger partial charge in [0.15, 0.2) is 0 Å². The summed E-state index contributed by atoms with van der Waals surface area (Å²) < 4.78 is 6.18. The summed E-state index contributed by atoms with van der Waals surface area (Å²) in [6.07, 6.45) is 0.856. The molecular weight excluding hydrogens is 308 g/mol. The molecule has 4 nitrogen and oxygen atoms in total. The lowest BCUT2D eigenvalue weighted by Crippen LogP contribution is -2.44. The molecule has 0 saturated carbocycles. The molecule has 1 aliphatic rings. The maximum Gasteiger partial charge on any atom is 0.139 e. The van der Waals surface area contributed by atoms with Crippen molar-refractivity contribution in [3.8, 4) is 11.5 Å². The summed E-state index contributed by atoms with van der Waals surface area (Å²) in [6, 6.07) is 1.96. The normalized spacial score (nSPS) is 16.6. The lowest BCUT2D eigenvalue weighted by molar-refractivity contribution is 0.243. The van der Waals surface area contributed by atoms with E-state index >= 15 is 0 Å². The third kappa shape index (κ3) is 3.41. The summed E-state index contributed by atoms with van der Waals surface area (Å²) in [4.78, 5) is 2.42. The third-order valence-electron chi connectivity index (χ3n) is 3.63. The highest BCUT2D eigenvalue weighted by atomic mass is 79.9. The van der Waals surface area contributed by atoms with Crippen molar-refractivity contribution in [3.05, 3.63) is 21.7 Å². The number of halogens is 1. The second-order valence-corrected chi connectivity index (χ2v) is 5.72. The van der Waals surface area contributed by atoms with Crippen molar-refractivity contribution in [2.45, 2.75) is 13.3 Å². The Hall–Kier alpha value is -0.780. The standard InChI is InChI=1S/C14H21BrN2O2/c1-10-13(18)11(9-12(15)14(10)19-2)3-6-17-7-4-16-5-8-17/h9,16,18H,3-8H2,1-2H3. The number of hydrogen-bond donors (Lipinski definition) is 2. The van der Waals surface area contributed by atoms with E-state index in [1.807, 2.05) is 13.0 Å². The Labute approximate surface area is 122 Å². The molecule has 0 amide bonds. The fourth-order valence-corrected chi connectivity index (χ4v) is 3.20. The van der Waals surface area contributed by atoms with E-state index in [2.05, 4.69) is 26.1 Å². The predicted molar refractivity (Wildman–Crippen MR) is 80.1 cm³/mol. The highest BCUT2D eigenvalue weighted by Gasteiger charge is 2.15. The van der Waals surface area contributed by atoms with Crippen molar-refractivity contribution in [1.29, 1.82) is 0 Å². The van der Waals surface area contributed by atoms with E-state index in [4.69, 9.17) is 4.74 Å². The molecule has 19 heavy (non-hydrogen) atoms. The molecule has 0 aliphatic carbocycles. The average Bonchev–Trinajstić information content (AvgIpc) is 2.43. The zero-order chi connectivity index (χ0) is 13.8. The number of methoxy groups -OCH3 is 1. The van der Waals surface area contributed by atoms with Crippen LogP contribution in [0.3, 0.4) is 0 Å². The number of benzene rings is 1. The number of piperazine rings is 1. The van der Waals surface area contributed by atoms with E-state index in [1.54, 1.807) is 7.11 Å². The Morgan fingerprint density at radius 3 is 2.74 bits per heavy atom. The maximum absolute atomic E-state index is 10.2. The van der Waals surface area contributed by atoms with Crippen LogP contribution < -0.4 is 10.1 Å². The molecule has 1 aromatic carbocycles. The van der Waals surface area contributed by atoms with Crippen LogP contribution in [0.1, 0.15) is 11.1 Å². The smallest absolute Gasteiger partial charge is 0.139 e. The van der Waals surface area contributed by atoms with Crippen LogP contribution in [0, 0.1) is 6.92 Å². The van der Waals surface area contributed by atoms with Crippen molar-refractivity contribution >= 4 is 15.9 Å². The molecule has 5 heteroatoms. The van der Waals surface area contributed by atoms with Gasteiger partial charge in [-0.05, 0) is 40.9 Å². The second kappa shape index (κ2) is 6.59. The SMILES string of the molecule is COc1c(Br)cc(CCN2CCNCC2)c(O)c1C. The average molecular weight is 329 g/mol. The molecule has 0 atom stereocenters. The van der Waals surface area contributed by atoms with Crippen LogP contribution in [0.4, 0.5) is 0 Å². The minimum atomic E-state index is 0.357. The number of hydrogen-bond acceptors (Lipinski definition) is 4. The van der Waals surface area contributed by atoms with Gasteiger partial charge in [0, 0.05) is 38.3 Å². The van der Waals surface area contributed by atoms with Gasteiger partial charge in [0.25, 0.3) is 0 Å². The zero-order valence-corrected chi connectivity index (χ0v) is 13.1. The lowest BCUT2D eigenvalue weighted by Gasteiger charge is -2.27. The Morgan fingerprint density at radius 1 is 1.42 bits per heavy atom. The van der Waals surface area contributed by atoms with E-state index in [1.165, 1.54) is 0 Å². The van der Waals surface area contributed by atoms with E-state index in [0.717, 1.165) is 54.7 Å². The molecule has 0 aromatic heterocycles. The van der Waals surface area contributed by atoms with Crippen LogP contribution in [0.5, 0.6) is 11.5 Å². The quantitative estimate of drug-likeness (QED) is 0.886. The van der Waals surface area contributed by atoms with Gasteiger partial charge in [-0.1, -0.05) is 0 Å². The first-order valence-corrected chi connectivity index (χ1v) is 7.40. The van der Waals surface area contributed by atoms with Gasteiger partial charge in [0.1, 0.15) is 11.5 Å². The molecule has 106 valence electrons. The lowest BCUT2D eigenvalue weighted by atomic mass is 10.1. The van der Waals surface area contributed by atoms with Gasteiger partial charge in [0.2, 0.25) is 0 Å². The van der Waals surface area contributed by atoms with Crippen LogP contribution in [0.25, 0.3) is 0 Å². The van der Waals surface area contributed by atoms with E-state index in [9.17, 15) is 5.11 Å². The van der Waals surface area contributed by atoms with Crippen LogP contribution in [0.2, 0.25) is 0 Å². The molecule has 0 spiro atoms. The molecule has 1 heterocycles. The third-order valence-corrected chi connectivity index (χ3v) is 4.22. The highest BCUT2D eigenvalue weighted by Crippen LogP contribution is 2.37. The predicted octanol–water partition coefficient (Wildman–Crippen LogP) is 1.92. The molecule has 1 aromatic rings. The highest BCUT2D eigenvalue weighted by molar-refractivity contribution is 9.10. The van der Waals surface area contributed by atoms with Crippen molar-refractivity contribution in [2.24, 2.45) is 0 Å². The topological polar surface area (TPSA) is 44.7 Å². The van der Waals surface area contributed by atoms with Gasteiger partial charge in [0.05, 0.1) is 11.6 Å². The summed E-state index contributed by atoms with van der Waals surface area (Å²) in [5.41, 5.74) is 1.77. The van der Waals surface area contributed by atoms with Crippen molar-refractivity contribution in [3.63, 3.8) is 0 Å². The van der Waals surface area contributed by atoms with Gasteiger partial charge < -0.3 is 20.1 Å². The van der Waals surface area contributed by atoms with Crippen molar-refractivity contribution < 1.29 is 9.84 Å². The van der Waals surface area contributed by atoms with Crippen LogP contribution in [0.15, 0.2) is 10.5 Å². The molecular formula is C14H21BrN2O2. The molecule has 0 bridgehead atoms. The van der Waals surface area contributed by atoms with Crippen LogP contribution >= 0.6 is 15.9 Å². The Kier molecular flexibility index (Phi) is 5.07. The van der Waals surface area contributed by atoms with Crippen LogP contribution in [-0.2, 0) is 6.42 Å². The summed E-state index contributed by atoms with van der Waals surface area (Å²) in [6.45, 7) is 7.13. The van der Waals surface area contributed by atoms with Gasteiger partial charge in [-0.2, -0.15) is 0 Å². The fraction of sp³-hybridized carbons (Fsp3) is 0.571. The summed E-state index contributed by atoms with van der Waals surface area (Å²) >= 11 is 3.50. The van der Waals surface area contributed by atoms with E-state index in [0.29, 0.717) is 11.5 Å². The molecule has 2 rings (SSSR count). The zero-order valence-electron chi connectivity index (χ0n) is 11.5. The fourth-order valence-electron chi connectivity index (χ4n) is 2.47. The number of nitrogens with one attached hydrogen (secondary N) is 1. The number of rotatable bonds is 4. The largest absolute Gasteiger partial charge is 0.507 e. The first kappa shape index (κ1) is 14.6. The second-order valence-electron chi connectivity index (χ2n) is 4.87. The Morgan fingerprint density at radius 2 is 2.11 bits per heavy atom. The summed E-state index contributed by atoms with van der Waals surface area (Å²) in [5.74, 6) is 1.07. The molecule has 1 fully saturated rings. The number of aromatic hydroxyl groups is 1. The maximum atomic E-state index is 10.2. The van der Waals surface area contributed by atoms with Crippen molar-refractivity contribution in [1.82, 2.24) is 10.2 Å². The summed E-state index contributed by atoms with van der Waals surface area (Å²) in [5, 5.41) is 13.6. The van der Waals surface area contributed by atoms with Gasteiger partial charge in [-0.3, -0.25) is 0 Å².